The molecule has 700 valence electrons. The predicted octanol–water partition coefficient (Wildman–Crippen LogP) is 32.5. The number of hydrogen-bond donors (Lipinski definition) is 0. The molecule has 0 spiro atoms. The van der Waals surface area contributed by atoms with Gasteiger partial charge < -0.3 is 33.2 Å². The maximum absolute atomic E-state index is 10.8. The molecule has 0 radical (unpaired) electrons. The zero-order chi connectivity index (χ0) is 89.4. The molecule has 0 rings (SSSR count). The summed E-state index contributed by atoms with van der Waals surface area (Å²) in [5.74, 6) is -2.14. The molecule has 14 heteroatoms. The average Bonchev–Trinajstić information content (AvgIpc) is 1.57. The molecule has 0 heterocycles. The van der Waals surface area contributed by atoms with Gasteiger partial charge >= 0.3 is 41.8 Å². The van der Waals surface area contributed by atoms with Crippen LogP contribution < -0.4 is 0 Å². The van der Waals surface area contributed by atoms with Gasteiger partial charge in [-0.05, 0) is 44.9 Å². The lowest BCUT2D eigenvalue weighted by atomic mass is 10.0. The van der Waals surface area contributed by atoms with Crippen molar-refractivity contribution >= 4 is 41.8 Å². The van der Waals surface area contributed by atoms with Gasteiger partial charge in [0.05, 0.1) is 46.2 Å². The summed E-state index contributed by atoms with van der Waals surface area (Å²) in [6.45, 7) is 43.0. The molecule has 0 bridgehead atoms. The highest BCUT2D eigenvalue weighted by Crippen LogP contribution is 2.18. The summed E-state index contributed by atoms with van der Waals surface area (Å²) >= 11 is 0. The zero-order valence-electron chi connectivity index (χ0n) is 79.7. The standard InChI is InChI=1S/C18H34O2.C17H32O2.C16H30O2.C15H28O2.C14H26O2.C13H24O2.C12H22O2/c1-3-5-6-7-8-9-10-11-12-13-14-15-16-17-20-18(19)4-2;1-3-5-6-7-8-9-10-11-12-13-14-15-16-19-17(18)4-2;1-3-5-6-7-8-9-10-11-12-13-14-15-18-16(17)4-2;1-3-5-6-7-8-9-10-11-12-13-14-17-15(16)4-2;1-3-5-6-7-8-9-10-11-12-13-16-14(15)4-2;1-3-5-6-7-8-9-10-11-12-15-13(14)4-2;1-3-5-6-7-8-9-10-11-14-12(13)4-2/h4H,2-3,5-17H2,1H3;4H,2-3,5-16H2,1H3;4H,2-3,5-15H2,1H3;4H,2-3,5-14H2,1H3;4H,2-3,5-13H2,1H3;4H,2-3,5-12H2,1H3;4H,2-3,5-11H2,1H3. The van der Waals surface area contributed by atoms with E-state index in [-0.39, 0.29) is 41.8 Å². The number of unbranched alkanes of at least 4 members (excludes halogenated alkanes) is 63. The molecule has 0 aliphatic carbocycles. The Kier molecular flexibility index (Phi) is 131. The van der Waals surface area contributed by atoms with Crippen LogP contribution >= 0.6 is 0 Å². The van der Waals surface area contributed by atoms with Crippen molar-refractivity contribution in [3.63, 3.8) is 0 Å². The van der Waals surface area contributed by atoms with Gasteiger partial charge in [-0.2, -0.15) is 0 Å². The maximum Gasteiger partial charge on any atom is 0.330 e. The molecule has 0 aromatic heterocycles. The Labute approximate surface area is 737 Å². The molecule has 0 fully saturated rings. The highest BCUT2D eigenvalue weighted by atomic mass is 16.6. The summed E-state index contributed by atoms with van der Waals surface area (Å²) in [5.41, 5.74) is 0. The third-order valence-corrected chi connectivity index (χ3v) is 20.4. The Bertz CT molecular complexity index is 2140. The molecule has 0 aromatic rings. The SMILES string of the molecule is C=CC(=O)OCCCCCCCCC.C=CC(=O)OCCCCCCCCCC.C=CC(=O)OCCCCCCCCCCC.C=CC(=O)OCCCCCCCCCCCC.C=CC(=O)OCCCCCCCCCCCCC.C=CC(=O)OCCCCCCCCCCCCCC.C=CC(=O)OCCCCCCCCCCCCCCC. The number of rotatable bonds is 84. The first-order valence-electron chi connectivity index (χ1n) is 49.7. The average molecular weight is 1680 g/mol. The van der Waals surface area contributed by atoms with Gasteiger partial charge in [0.25, 0.3) is 0 Å². The number of carbonyl (C=O) groups is 7. The van der Waals surface area contributed by atoms with Crippen molar-refractivity contribution in [2.75, 3.05) is 46.2 Å². The highest BCUT2D eigenvalue weighted by molar-refractivity contribution is 5.83. The van der Waals surface area contributed by atoms with Crippen molar-refractivity contribution in [1.82, 2.24) is 0 Å². The van der Waals surface area contributed by atoms with E-state index in [1.54, 1.807) is 0 Å². The van der Waals surface area contributed by atoms with Crippen LogP contribution in [0.5, 0.6) is 0 Å². The molecular weight excluding hydrogens is 1490 g/mol. The summed E-state index contributed by atoms with van der Waals surface area (Å²) < 4.78 is 34.3. The fourth-order valence-corrected chi connectivity index (χ4v) is 12.7. The van der Waals surface area contributed by atoms with E-state index in [0.29, 0.717) is 46.2 Å². The Morgan fingerprint density at radius 1 is 0.134 bits per heavy atom. The lowest BCUT2D eigenvalue weighted by Crippen LogP contribution is -2.01. The monoisotopic (exact) mass is 1680 g/mol. The molecule has 0 aliphatic heterocycles. The molecule has 119 heavy (non-hydrogen) atoms. The van der Waals surface area contributed by atoms with Crippen LogP contribution in [0.4, 0.5) is 0 Å². The van der Waals surface area contributed by atoms with E-state index in [0.717, 1.165) is 64.2 Å². The van der Waals surface area contributed by atoms with Gasteiger partial charge in [-0.25, -0.2) is 33.6 Å². The molecule has 0 saturated carbocycles. The second kappa shape index (κ2) is 123. The lowest BCUT2D eigenvalue weighted by Gasteiger charge is -2.03. The minimum Gasteiger partial charge on any atom is -0.463 e. The minimum atomic E-state index is -0.309. The first-order chi connectivity index (χ1) is 58.2. The van der Waals surface area contributed by atoms with E-state index in [9.17, 15) is 33.6 Å². The Morgan fingerprint density at radius 2 is 0.202 bits per heavy atom. The second-order valence-corrected chi connectivity index (χ2v) is 31.9. The van der Waals surface area contributed by atoms with Gasteiger partial charge in [0.15, 0.2) is 0 Å². The molecule has 0 saturated heterocycles. The van der Waals surface area contributed by atoms with Crippen molar-refractivity contribution in [3.05, 3.63) is 88.6 Å². The van der Waals surface area contributed by atoms with E-state index in [1.165, 1.54) is 428 Å². The molecule has 14 nitrogen and oxygen atoms in total. The van der Waals surface area contributed by atoms with Gasteiger partial charge in [-0.15, -0.1) is 0 Å². The maximum atomic E-state index is 10.8. The summed E-state index contributed by atoms with van der Waals surface area (Å²) in [5, 5.41) is 0. The molecule has 0 unspecified atom stereocenters. The predicted molar refractivity (Wildman–Crippen MR) is 511 cm³/mol. The van der Waals surface area contributed by atoms with Gasteiger partial charge in [0.2, 0.25) is 0 Å². The summed E-state index contributed by atoms with van der Waals surface area (Å²) in [7, 11) is 0. The van der Waals surface area contributed by atoms with E-state index >= 15 is 0 Å². The van der Waals surface area contributed by atoms with E-state index < -0.39 is 0 Å². The Balaban J connectivity index is -0.000000247. The molecule has 0 aromatic carbocycles. The summed E-state index contributed by atoms with van der Waals surface area (Å²) in [6.07, 6.45) is 99.4. The third-order valence-electron chi connectivity index (χ3n) is 20.4. The van der Waals surface area contributed by atoms with Gasteiger partial charge in [-0.3, -0.25) is 0 Å². The fourth-order valence-electron chi connectivity index (χ4n) is 12.7. The molecule has 0 N–H and O–H groups in total. The van der Waals surface area contributed by atoms with Crippen LogP contribution in [0, 0.1) is 0 Å². The van der Waals surface area contributed by atoms with Crippen LogP contribution in [0.3, 0.4) is 0 Å². The summed E-state index contributed by atoms with van der Waals surface area (Å²) in [6, 6.07) is 0. The first kappa shape index (κ1) is 127. The van der Waals surface area contributed by atoms with Crippen molar-refractivity contribution in [3.8, 4) is 0 Å². The largest absolute Gasteiger partial charge is 0.463 e. The Hall–Kier alpha value is -5.53. The van der Waals surface area contributed by atoms with Gasteiger partial charge in [-0.1, -0.05) is 499 Å². The van der Waals surface area contributed by atoms with Crippen LogP contribution in [-0.2, 0) is 66.7 Å². The molecule has 0 amide bonds. The molecular formula is C105H196O14. The van der Waals surface area contributed by atoms with Gasteiger partial charge in [0, 0.05) is 42.5 Å². The van der Waals surface area contributed by atoms with Crippen LogP contribution in [0.2, 0.25) is 0 Å². The van der Waals surface area contributed by atoms with Crippen LogP contribution in [0.1, 0.15) is 498 Å². The van der Waals surface area contributed by atoms with E-state index in [2.05, 4.69) is 94.5 Å². The van der Waals surface area contributed by atoms with Crippen molar-refractivity contribution in [1.29, 1.82) is 0 Å². The van der Waals surface area contributed by atoms with Crippen molar-refractivity contribution in [2.24, 2.45) is 0 Å². The molecule has 0 aliphatic rings. The fraction of sp³-hybridized carbons (Fsp3) is 0.800. The smallest absolute Gasteiger partial charge is 0.330 e. The molecule has 0 atom stereocenters. The van der Waals surface area contributed by atoms with Crippen molar-refractivity contribution < 1.29 is 66.7 Å². The quantitative estimate of drug-likeness (QED) is 0.0242. The third kappa shape index (κ3) is 139. The highest BCUT2D eigenvalue weighted by Gasteiger charge is 2.04. The number of carbonyl (C=O) groups excluding carboxylic acids is 7. The zero-order valence-corrected chi connectivity index (χ0v) is 79.7. The number of ether oxygens (including phenoxy) is 7. The topological polar surface area (TPSA) is 184 Å². The number of hydrogen-bond acceptors (Lipinski definition) is 14. The van der Waals surface area contributed by atoms with Gasteiger partial charge in [0.1, 0.15) is 0 Å². The van der Waals surface area contributed by atoms with Crippen LogP contribution in [0.15, 0.2) is 88.6 Å². The normalized spacial score (nSPS) is 10.2. The lowest BCUT2D eigenvalue weighted by molar-refractivity contribution is -0.138. The van der Waals surface area contributed by atoms with Crippen LogP contribution in [-0.4, -0.2) is 88.0 Å². The van der Waals surface area contributed by atoms with Crippen molar-refractivity contribution in [2.45, 2.75) is 498 Å². The second-order valence-electron chi connectivity index (χ2n) is 31.9. The van der Waals surface area contributed by atoms with E-state index in [1.807, 2.05) is 0 Å². The first-order valence-corrected chi connectivity index (χ1v) is 49.7. The minimum absolute atomic E-state index is 0.302. The van der Waals surface area contributed by atoms with E-state index in [4.69, 9.17) is 33.2 Å². The number of esters is 7. The van der Waals surface area contributed by atoms with Crippen LogP contribution in [0.25, 0.3) is 0 Å². The Morgan fingerprint density at radius 3 is 0.269 bits per heavy atom. The summed E-state index contributed by atoms with van der Waals surface area (Å²) in [4.78, 5) is 75.1.